The van der Waals surface area contributed by atoms with Crippen LogP contribution in [0.25, 0.3) is 22.3 Å². The second-order valence-electron chi connectivity index (χ2n) is 6.75. The van der Waals surface area contributed by atoms with Crippen molar-refractivity contribution < 1.29 is 14.6 Å². The van der Waals surface area contributed by atoms with Crippen molar-refractivity contribution in [1.82, 2.24) is 14.9 Å². The Bertz CT molecular complexity index is 943. The van der Waals surface area contributed by atoms with Crippen LogP contribution in [0.15, 0.2) is 36.4 Å². The fraction of sp³-hybridized carbons (Fsp3) is 0.333. The summed E-state index contributed by atoms with van der Waals surface area (Å²) in [5, 5.41) is 13.9. The molecule has 0 spiro atoms. The highest BCUT2D eigenvalue weighted by Crippen LogP contribution is 2.35. The smallest absolute Gasteiger partial charge is 0.162 e. The van der Waals surface area contributed by atoms with Crippen LogP contribution in [-0.4, -0.2) is 61.4 Å². The summed E-state index contributed by atoms with van der Waals surface area (Å²) in [4.78, 5) is 11.6. The number of aromatic nitrogens is 2. The number of phenols is 1. The molecule has 2 N–H and O–H groups in total. The van der Waals surface area contributed by atoms with Gasteiger partial charge in [-0.15, -0.1) is 0 Å². The molecule has 0 atom stereocenters. The molecule has 0 fully saturated rings. The molecule has 0 aliphatic rings. The van der Waals surface area contributed by atoms with E-state index in [1.165, 1.54) is 0 Å². The van der Waals surface area contributed by atoms with Crippen LogP contribution < -0.4 is 14.8 Å². The number of ether oxygens (including phenoxy) is 2. The lowest BCUT2D eigenvalue weighted by Crippen LogP contribution is -2.17. The van der Waals surface area contributed by atoms with Gasteiger partial charge >= 0.3 is 0 Å². The predicted octanol–water partition coefficient (Wildman–Crippen LogP) is 3.38. The van der Waals surface area contributed by atoms with Crippen molar-refractivity contribution in [3.63, 3.8) is 0 Å². The molecule has 28 heavy (non-hydrogen) atoms. The topological polar surface area (TPSA) is 79.7 Å². The summed E-state index contributed by atoms with van der Waals surface area (Å²) < 4.78 is 10.9. The van der Waals surface area contributed by atoms with Crippen LogP contribution in [0, 0.1) is 0 Å². The molecule has 2 aromatic carbocycles. The van der Waals surface area contributed by atoms with Crippen LogP contribution in [0.3, 0.4) is 0 Å². The van der Waals surface area contributed by atoms with Gasteiger partial charge in [0.15, 0.2) is 17.3 Å². The van der Waals surface area contributed by atoms with Gasteiger partial charge in [0.25, 0.3) is 0 Å². The summed E-state index contributed by atoms with van der Waals surface area (Å²) in [6, 6.07) is 10.6. The molecule has 148 valence electrons. The fourth-order valence-electron chi connectivity index (χ4n) is 2.93. The van der Waals surface area contributed by atoms with Gasteiger partial charge in [-0.2, -0.15) is 0 Å². The highest BCUT2D eigenvalue weighted by molar-refractivity contribution is 5.93. The molecule has 0 amide bonds. The van der Waals surface area contributed by atoms with Crippen molar-refractivity contribution in [3.05, 3.63) is 36.4 Å². The third kappa shape index (κ3) is 4.43. The van der Waals surface area contributed by atoms with E-state index in [1.807, 2.05) is 12.1 Å². The predicted molar refractivity (Wildman–Crippen MR) is 111 cm³/mol. The molecule has 7 nitrogen and oxygen atoms in total. The first-order valence-corrected chi connectivity index (χ1v) is 9.13. The van der Waals surface area contributed by atoms with Gasteiger partial charge < -0.3 is 24.8 Å². The summed E-state index contributed by atoms with van der Waals surface area (Å²) in [7, 11) is 7.33. The average molecular weight is 382 g/mol. The molecule has 3 rings (SSSR count). The van der Waals surface area contributed by atoms with Crippen molar-refractivity contribution in [2.45, 2.75) is 6.42 Å². The minimum absolute atomic E-state index is 0.206. The van der Waals surface area contributed by atoms with Crippen molar-refractivity contribution in [1.29, 1.82) is 0 Å². The molecule has 0 radical (unpaired) electrons. The van der Waals surface area contributed by atoms with E-state index in [-0.39, 0.29) is 5.75 Å². The van der Waals surface area contributed by atoms with E-state index in [4.69, 9.17) is 19.4 Å². The maximum Gasteiger partial charge on any atom is 0.162 e. The van der Waals surface area contributed by atoms with Crippen molar-refractivity contribution >= 4 is 16.7 Å². The molecule has 1 aromatic heterocycles. The Balaban J connectivity index is 2.05. The van der Waals surface area contributed by atoms with Gasteiger partial charge in [-0.05, 0) is 57.4 Å². The Hall–Kier alpha value is -3.06. The van der Waals surface area contributed by atoms with E-state index in [2.05, 4.69) is 24.3 Å². The molecular formula is C21H26N4O3. The molecule has 0 unspecified atom stereocenters. The highest BCUT2D eigenvalue weighted by Gasteiger charge is 2.14. The van der Waals surface area contributed by atoms with E-state index < -0.39 is 0 Å². The number of rotatable bonds is 8. The molecule has 0 saturated heterocycles. The van der Waals surface area contributed by atoms with Crippen LogP contribution >= 0.6 is 0 Å². The van der Waals surface area contributed by atoms with Crippen molar-refractivity contribution in [2.24, 2.45) is 0 Å². The molecule has 0 aliphatic carbocycles. The number of nitrogens with zero attached hydrogens (tertiary/aromatic N) is 3. The lowest BCUT2D eigenvalue weighted by atomic mass is 10.1. The highest BCUT2D eigenvalue weighted by atomic mass is 16.5. The first kappa shape index (κ1) is 19.7. The van der Waals surface area contributed by atoms with E-state index >= 15 is 0 Å². The van der Waals surface area contributed by atoms with Gasteiger partial charge in [0.2, 0.25) is 0 Å². The number of methoxy groups -OCH3 is 2. The second kappa shape index (κ2) is 8.75. The second-order valence-corrected chi connectivity index (χ2v) is 6.75. The van der Waals surface area contributed by atoms with Crippen molar-refractivity contribution in [2.75, 3.05) is 46.7 Å². The van der Waals surface area contributed by atoms with E-state index in [9.17, 15) is 5.11 Å². The van der Waals surface area contributed by atoms with Crippen LogP contribution in [0.1, 0.15) is 6.42 Å². The Morgan fingerprint density at radius 3 is 2.32 bits per heavy atom. The first-order valence-electron chi connectivity index (χ1n) is 9.13. The molecule has 3 aromatic rings. The number of phenolic OH excluding ortho intramolecular Hbond substituents is 1. The summed E-state index contributed by atoms with van der Waals surface area (Å²) in [6.45, 7) is 1.77. The maximum absolute atomic E-state index is 9.56. The quantitative estimate of drug-likeness (QED) is 0.578. The standard InChI is InChI=1S/C21H26N4O3/c1-25(2)11-5-10-22-21-16-12-18(27-3)19(28-4)13-17(16)23-20(24-21)14-6-8-15(26)9-7-14/h6-9,12-13,26H,5,10-11H2,1-4H3,(H,22,23,24). The number of benzene rings is 2. The van der Waals surface area contributed by atoms with E-state index in [0.29, 0.717) is 17.3 Å². The van der Waals surface area contributed by atoms with E-state index in [0.717, 1.165) is 41.8 Å². The van der Waals surface area contributed by atoms with E-state index in [1.54, 1.807) is 38.5 Å². The van der Waals surface area contributed by atoms with Crippen LogP contribution in [0.2, 0.25) is 0 Å². The zero-order valence-corrected chi connectivity index (χ0v) is 16.7. The summed E-state index contributed by atoms with van der Waals surface area (Å²) >= 11 is 0. The first-order chi connectivity index (χ1) is 13.5. The van der Waals surface area contributed by atoms with Crippen LogP contribution in [-0.2, 0) is 0 Å². The third-order valence-corrected chi connectivity index (χ3v) is 4.40. The lowest BCUT2D eigenvalue weighted by molar-refractivity contribution is 0.356. The fourth-order valence-corrected chi connectivity index (χ4v) is 2.93. The van der Waals surface area contributed by atoms with Crippen molar-refractivity contribution in [3.8, 4) is 28.6 Å². The Morgan fingerprint density at radius 1 is 1.00 bits per heavy atom. The number of hydrogen-bond acceptors (Lipinski definition) is 7. The Labute approximate surface area is 164 Å². The zero-order chi connectivity index (χ0) is 20.1. The van der Waals surface area contributed by atoms with Gasteiger partial charge in [-0.1, -0.05) is 0 Å². The summed E-state index contributed by atoms with van der Waals surface area (Å²) in [6.07, 6.45) is 0.986. The van der Waals surface area contributed by atoms with Crippen LogP contribution in [0.5, 0.6) is 17.2 Å². The number of fused-ring (bicyclic) bond motifs is 1. The maximum atomic E-state index is 9.56. The monoisotopic (exact) mass is 382 g/mol. The summed E-state index contributed by atoms with van der Waals surface area (Å²) in [5.41, 5.74) is 1.58. The minimum Gasteiger partial charge on any atom is -0.508 e. The van der Waals surface area contributed by atoms with Gasteiger partial charge in [-0.25, -0.2) is 9.97 Å². The largest absolute Gasteiger partial charge is 0.508 e. The number of aromatic hydroxyl groups is 1. The van der Waals surface area contributed by atoms with Crippen LogP contribution in [0.4, 0.5) is 5.82 Å². The number of nitrogens with one attached hydrogen (secondary N) is 1. The van der Waals surface area contributed by atoms with Gasteiger partial charge in [0.05, 0.1) is 19.7 Å². The molecule has 0 bridgehead atoms. The van der Waals surface area contributed by atoms with Gasteiger partial charge in [0.1, 0.15) is 11.6 Å². The lowest BCUT2D eigenvalue weighted by Gasteiger charge is -2.15. The number of hydrogen-bond donors (Lipinski definition) is 2. The third-order valence-electron chi connectivity index (χ3n) is 4.40. The van der Waals surface area contributed by atoms with Gasteiger partial charge in [0, 0.05) is 23.6 Å². The Morgan fingerprint density at radius 2 is 1.68 bits per heavy atom. The zero-order valence-electron chi connectivity index (χ0n) is 16.7. The van der Waals surface area contributed by atoms with Gasteiger partial charge in [-0.3, -0.25) is 0 Å². The number of anilines is 1. The summed E-state index contributed by atoms with van der Waals surface area (Å²) in [5.74, 6) is 2.77. The molecule has 0 saturated carbocycles. The normalized spacial score (nSPS) is 11.0. The Kier molecular flexibility index (Phi) is 6.16. The average Bonchev–Trinajstić information content (AvgIpc) is 2.70. The molecule has 0 aliphatic heterocycles. The molecule has 1 heterocycles. The SMILES string of the molecule is COc1cc2nc(-c3ccc(O)cc3)nc(NCCCN(C)C)c2cc1OC. The minimum atomic E-state index is 0.206. The molecular weight excluding hydrogens is 356 g/mol. The molecule has 7 heteroatoms.